The summed E-state index contributed by atoms with van der Waals surface area (Å²) in [4.78, 5) is 7.30. The average Bonchev–Trinajstić information content (AvgIpc) is 3.50. The van der Waals surface area contributed by atoms with Crippen molar-refractivity contribution >= 4 is 35.5 Å². The van der Waals surface area contributed by atoms with Crippen LogP contribution < -0.4 is 20.0 Å². The third-order valence-corrected chi connectivity index (χ3v) is 13.6. The Hall–Kier alpha value is -5.03. The number of benzene rings is 5. The molecule has 1 aliphatic heterocycles. The van der Waals surface area contributed by atoms with Gasteiger partial charge in [0, 0.05) is 11.9 Å². The minimum Gasteiger partial charge on any atom is -0.495 e. The second-order valence-corrected chi connectivity index (χ2v) is 17.7. The van der Waals surface area contributed by atoms with E-state index in [-0.39, 0.29) is 21.1 Å². The molecule has 2 aromatic heterocycles. The largest absolute Gasteiger partial charge is 2.00 e. The molecule has 51 heavy (non-hydrogen) atoms. The fraction of sp³-hybridized carbons (Fsp3) is 0.136. The van der Waals surface area contributed by atoms with Crippen LogP contribution in [0.3, 0.4) is 0 Å². The molecular weight excluding hydrogens is 824 g/mol. The topological polar surface area (TPSA) is 43.2 Å². The summed E-state index contributed by atoms with van der Waals surface area (Å²) < 4.78 is 7.91. The third-order valence-electron chi connectivity index (χ3n) is 10.1. The molecule has 0 N–H and O–H groups in total. The van der Waals surface area contributed by atoms with Gasteiger partial charge in [-0.15, -0.1) is 29.8 Å². The van der Waals surface area contributed by atoms with Gasteiger partial charge in [-0.2, -0.15) is 29.4 Å². The van der Waals surface area contributed by atoms with Crippen LogP contribution in [0, 0.1) is 26.0 Å². The molecule has 7 aromatic rings. The molecule has 0 atom stereocenters. The molecule has 0 amide bonds. The van der Waals surface area contributed by atoms with Crippen molar-refractivity contribution in [3.05, 3.63) is 186 Å². The van der Waals surface area contributed by atoms with Gasteiger partial charge in [-0.1, -0.05) is 91.2 Å². The molecule has 1 aliphatic rings. The first-order valence-electron chi connectivity index (χ1n) is 17.0. The predicted molar refractivity (Wildman–Crippen MR) is 205 cm³/mol. The standard InChI is InChI=1S/C44H38N4OSi.Pt/c1-31-28-32(2)48(46-31)36-19-15-18-35(30-36)47(39-22-8-9-23-40(39)49-3)34-17-14-16-33(29-34)44(43-26-12-13-27-45-43)37-20-6-10-24-41(37)50(4,5)42-25-11-7-21-38(42)44;/h6-28H,1-5H3;/q-2;+2. The number of fused-ring (bicyclic) bond motifs is 2. The van der Waals surface area contributed by atoms with Gasteiger partial charge in [-0.05, 0) is 71.4 Å². The molecule has 5 aromatic carbocycles. The van der Waals surface area contributed by atoms with Crippen molar-refractivity contribution in [2.24, 2.45) is 0 Å². The van der Waals surface area contributed by atoms with E-state index in [0.717, 1.165) is 51.1 Å². The summed E-state index contributed by atoms with van der Waals surface area (Å²) in [5.74, 6) is 0.747. The van der Waals surface area contributed by atoms with E-state index in [4.69, 9.17) is 14.8 Å². The van der Waals surface area contributed by atoms with Crippen molar-refractivity contribution in [1.82, 2.24) is 14.8 Å². The van der Waals surface area contributed by atoms with Gasteiger partial charge in [-0.25, -0.2) is 0 Å². The monoisotopic (exact) mass is 861 g/mol. The Balaban J connectivity index is 0.00000406. The minimum absolute atomic E-state index is 0. The number of aromatic nitrogens is 3. The summed E-state index contributed by atoms with van der Waals surface area (Å²) in [5, 5.41) is 7.59. The van der Waals surface area contributed by atoms with Gasteiger partial charge in [-0.3, -0.25) is 9.67 Å². The Bertz CT molecular complexity index is 2300. The molecule has 0 unspecified atom stereocenters. The number of anilines is 3. The molecule has 7 heteroatoms. The van der Waals surface area contributed by atoms with E-state index in [1.165, 1.54) is 21.5 Å². The van der Waals surface area contributed by atoms with E-state index in [1.54, 1.807) is 7.11 Å². The van der Waals surface area contributed by atoms with Gasteiger partial charge in [0.2, 0.25) is 0 Å². The van der Waals surface area contributed by atoms with Crippen molar-refractivity contribution in [1.29, 1.82) is 0 Å². The minimum atomic E-state index is -2.06. The fourth-order valence-corrected chi connectivity index (χ4v) is 11.1. The van der Waals surface area contributed by atoms with Gasteiger partial charge < -0.3 is 9.64 Å². The van der Waals surface area contributed by atoms with Crippen molar-refractivity contribution < 1.29 is 25.8 Å². The molecule has 0 fully saturated rings. The van der Waals surface area contributed by atoms with E-state index >= 15 is 0 Å². The molecule has 8 rings (SSSR count). The van der Waals surface area contributed by atoms with E-state index in [0.29, 0.717) is 0 Å². The number of aryl methyl sites for hydroxylation is 2. The van der Waals surface area contributed by atoms with E-state index in [1.807, 2.05) is 48.1 Å². The number of hydrogen-bond acceptors (Lipinski definition) is 4. The molecule has 3 heterocycles. The maximum Gasteiger partial charge on any atom is 2.00 e. The van der Waals surface area contributed by atoms with Crippen LogP contribution in [0.15, 0.2) is 140 Å². The number of pyridine rings is 1. The molecule has 0 bridgehead atoms. The van der Waals surface area contributed by atoms with E-state index in [2.05, 4.69) is 140 Å². The molecule has 254 valence electrons. The summed E-state index contributed by atoms with van der Waals surface area (Å²) in [7, 11) is -0.350. The van der Waals surface area contributed by atoms with Crippen LogP contribution in [-0.2, 0) is 26.5 Å². The van der Waals surface area contributed by atoms with Crippen LogP contribution in [0.4, 0.5) is 17.1 Å². The zero-order valence-corrected chi connectivity index (χ0v) is 32.6. The van der Waals surface area contributed by atoms with Crippen LogP contribution in [0.5, 0.6) is 5.75 Å². The van der Waals surface area contributed by atoms with Gasteiger partial charge in [0.15, 0.2) is 0 Å². The molecule has 0 radical (unpaired) electrons. The molecule has 0 saturated heterocycles. The van der Waals surface area contributed by atoms with E-state index in [9.17, 15) is 0 Å². The second-order valence-electron chi connectivity index (χ2n) is 13.4. The maximum atomic E-state index is 5.97. The van der Waals surface area contributed by atoms with Crippen molar-refractivity contribution in [3.63, 3.8) is 0 Å². The van der Waals surface area contributed by atoms with E-state index < -0.39 is 13.5 Å². The Morgan fingerprint density at radius 2 is 1.33 bits per heavy atom. The average molecular weight is 862 g/mol. The van der Waals surface area contributed by atoms with Gasteiger partial charge in [0.1, 0.15) is 13.8 Å². The summed E-state index contributed by atoms with van der Waals surface area (Å²) in [5.41, 5.74) is 9.29. The zero-order valence-electron chi connectivity index (χ0n) is 29.3. The first-order chi connectivity index (χ1) is 24.3. The van der Waals surface area contributed by atoms with Crippen LogP contribution in [0.25, 0.3) is 5.69 Å². The fourth-order valence-electron chi connectivity index (χ4n) is 7.87. The maximum absolute atomic E-state index is 5.97. The van der Waals surface area contributed by atoms with Crippen molar-refractivity contribution in [3.8, 4) is 11.4 Å². The van der Waals surface area contributed by atoms with Crippen LogP contribution in [0.2, 0.25) is 13.1 Å². The smallest absolute Gasteiger partial charge is 0.495 e. The predicted octanol–water partition coefficient (Wildman–Crippen LogP) is 8.48. The summed E-state index contributed by atoms with van der Waals surface area (Å²) >= 11 is 0. The number of hydrogen-bond donors (Lipinski definition) is 0. The number of rotatable bonds is 7. The molecule has 0 aliphatic carbocycles. The van der Waals surface area contributed by atoms with Crippen molar-refractivity contribution in [2.45, 2.75) is 32.4 Å². The number of para-hydroxylation sites is 2. The summed E-state index contributed by atoms with van der Waals surface area (Å²) in [6, 6.07) is 54.7. The van der Waals surface area contributed by atoms with Gasteiger partial charge in [0.05, 0.1) is 29.6 Å². The normalized spacial score (nSPS) is 13.7. The van der Waals surface area contributed by atoms with Crippen LogP contribution >= 0.6 is 0 Å². The van der Waals surface area contributed by atoms with Gasteiger partial charge >= 0.3 is 21.1 Å². The molecular formula is C44H38N4OPtSi. The first kappa shape index (κ1) is 34.4. The number of nitrogens with zero attached hydrogens (tertiary/aromatic N) is 4. The SMILES string of the molecule is COc1ccccc1N(c1[c-]c(-n2nc(C)cc2C)ccc1)c1[c-]c(C2(c3ccccn3)c3ccccc3[Si](C)(C)c3ccccc32)ccc1.[Pt+2]. The number of methoxy groups -OCH3 is 1. The Labute approximate surface area is 315 Å². The Kier molecular flexibility index (Phi) is 9.17. The molecule has 0 spiro atoms. The quantitative estimate of drug-likeness (QED) is 0.119. The van der Waals surface area contributed by atoms with Gasteiger partial charge in [0.25, 0.3) is 0 Å². The van der Waals surface area contributed by atoms with Crippen molar-refractivity contribution in [2.75, 3.05) is 12.0 Å². The zero-order chi connectivity index (χ0) is 34.5. The molecule has 5 nitrogen and oxygen atoms in total. The molecule has 0 saturated carbocycles. The summed E-state index contributed by atoms with van der Waals surface area (Å²) in [6.45, 7) is 9.00. The first-order valence-corrected chi connectivity index (χ1v) is 20.0. The Morgan fingerprint density at radius 3 is 1.98 bits per heavy atom. The van der Waals surface area contributed by atoms with Crippen LogP contribution in [0.1, 0.15) is 33.8 Å². The third kappa shape index (κ3) is 5.58. The number of ether oxygens (including phenoxy) is 1. The second kappa shape index (κ2) is 13.6. The summed E-state index contributed by atoms with van der Waals surface area (Å²) in [6.07, 6.45) is 1.91. The van der Waals surface area contributed by atoms with Crippen LogP contribution in [-0.4, -0.2) is 29.9 Å². The Morgan fingerprint density at radius 1 is 0.706 bits per heavy atom.